The second-order valence-electron chi connectivity index (χ2n) is 8.20. The number of thiazole rings is 1. The van der Waals surface area contributed by atoms with E-state index < -0.39 is 0 Å². The quantitative estimate of drug-likeness (QED) is 0.376. The molecule has 0 fully saturated rings. The maximum atomic E-state index is 12.5. The summed E-state index contributed by atoms with van der Waals surface area (Å²) in [6, 6.07) is 10.4. The van der Waals surface area contributed by atoms with Gasteiger partial charge in [-0.2, -0.15) is 0 Å². The van der Waals surface area contributed by atoms with Gasteiger partial charge in [0.25, 0.3) is 0 Å². The van der Waals surface area contributed by atoms with Crippen molar-refractivity contribution < 1.29 is 4.79 Å². The zero-order valence-corrected chi connectivity index (χ0v) is 20.0. The molecular weight excluding hydrogens is 412 g/mol. The highest BCUT2D eigenvalue weighted by Crippen LogP contribution is 2.23. The topological polar surface area (TPSA) is 42.0 Å². The van der Waals surface area contributed by atoms with Gasteiger partial charge in [0.1, 0.15) is 5.01 Å². The summed E-state index contributed by atoms with van der Waals surface area (Å²) in [6.45, 7) is 8.31. The van der Waals surface area contributed by atoms with Crippen LogP contribution in [0.25, 0.3) is 0 Å². The van der Waals surface area contributed by atoms with Gasteiger partial charge in [0.05, 0.1) is 6.04 Å². The summed E-state index contributed by atoms with van der Waals surface area (Å²) in [5.74, 6) is 0.884. The van der Waals surface area contributed by atoms with Gasteiger partial charge >= 0.3 is 0 Å². The van der Waals surface area contributed by atoms with Crippen LogP contribution in [-0.4, -0.2) is 10.9 Å². The first-order valence-corrected chi connectivity index (χ1v) is 11.9. The number of halogens is 1. The molecular formula is C25H33ClN2OS. The minimum atomic E-state index is -0.0690. The number of aromatic nitrogens is 1. The Bertz CT molecular complexity index is 830. The molecule has 0 aliphatic heterocycles. The first-order chi connectivity index (χ1) is 14.4. The molecule has 162 valence electrons. The largest absolute Gasteiger partial charge is 0.343 e. The van der Waals surface area contributed by atoms with Gasteiger partial charge in [-0.15, -0.1) is 11.3 Å². The molecule has 2 aromatic rings. The third kappa shape index (κ3) is 8.45. The molecule has 0 radical (unpaired) electrons. The molecule has 0 saturated carbocycles. The molecule has 3 nitrogen and oxygen atoms in total. The Kier molecular flexibility index (Phi) is 10.3. The lowest BCUT2D eigenvalue weighted by molar-refractivity contribution is -0.118. The van der Waals surface area contributed by atoms with Crippen molar-refractivity contribution in [3.63, 3.8) is 0 Å². The van der Waals surface area contributed by atoms with E-state index in [0.29, 0.717) is 11.8 Å². The lowest BCUT2D eigenvalue weighted by Crippen LogP contribution is -2.27. The summed E-state index contributed by atoms with van der Waals surface area (Å²) in [5, 5.41) is 5.88. The molecule has 1 aromatic carbocycles. The Morgan fingerprint density at radius 2 is 1.97 bits per heavy atom. The highest BCUT2D eigenvalue weighted by Gasteiger charge is 2.14. The Labute approximate surface area is 190 Å². The summed E-state index contributed by atoms with van der Waals surface area (Å²) < 4.78 is 0. The number of benzene rings is 1. The Balaban J connectivity index is 1.78. The average molecular weight is 445 g/mol. The van der Waals surface area contributed by atoms with Gasteiger partial charge in [0, 0.05) is 22.7 Å². The fourth-order valence-corrected chi connectivity index (χ4v) is 4.45. The number of carbonyl (C=O) groups excluding carboxylic acids is 1. The summed E-state index contributed by atoms with van der Waals surface area (Å²) in [4.78, 5) is 16.7. The fraction of sp³-hybridized carbons (Fsp3) is 0.440. The number of amides is 1. The number of hydrogen-bond acceptors (Lipinski definition) is 3. The predicted molar refractivity (Wildman–Crippen MR) is 129 cm³/mol. The van der Waals surface area contributed by atoms with E-state index in [-0.39, 0.29) is 11.9 Å². The van der Waals surface area contributed by atoms with Crippen molar-refractivity contribution >= 4 is 28.8 Å². The van der Waals surface area contributed by atoms with Crippen molar-refractivity contribution in [2.45, 2.75) is 59.4 Å². The van der Waals surface area contributed by atoms with E-state index in [9.17, 15) is 4.79 Å². The fourth-order valence-electron chi connectivity index (χ4n) is 3.61. The highest BCUT2D eigenvalue weighted by atomic mass is 35.5. The van der Waals surface area contributed by atoms with Crippen molar-refractivity contribution in [3.05, 3.63) is 75.2 Å². The van der Waals surface area contributed by atoms with Crippen LogP contribution in [0.1, 0.15) is 63.6 Å². The minimum absolute atomic E-state index is 0.0209. The standard InChI is InChI=1S/C25H33ClN2OS/c1-18(10-11-23(17-26)16-22-8-6-5-7-9-22)14-19(2)15-20(3)24(29)28-21(4)25-27-12-13-30-25/h5-9,12-13,15,17-19,21H,10-11,14,16H2,1-4H3,(H,28,29)/b20-15+,23-17-/t18?,19?,21-/m0/s1. The zero-order chi connectivity index (χ0) is 21.9. The summed E-state index contributed by atoms with van der Waals surface area (Å²) >= 11 is 7.63. The molecule has 1 amide bonds. The number of carbonyl (C=O) groups is 1. The number of nitrogens with zero attached hydrogens (tertiary/aromatic N) is 1. The lowest BCUT2D eigenvalue weighted by Gasteiger charge is -2.17. The maximum absolute atomic E-state index is 12.5. The van der Waals surface area contributed by atoms with Crippen molar-refractivity contribution in [3.8, 4) is 0 Å². The average Bonchev–Trinajstić information content (AvgIpc) is 3.26. The Morgan fingerprint density at radius 3 is 2.60 bits per heavy atom. The van der Waals surface area contributed by atoms with Gasteiger partial charge in [0.2, 0.25) is 5.91 Å². The van der Waals surface area contributed by atoms with Crippen LogP contribution in [0.2, 0.25) is 0 Å². The molecule has 0 saturated heterocycles. The van der Waals surface area contributed by atoms with Gasteiger partial charge in [-0.1, -0.05) is 67.4 Å². The van der Waals surface area contributed by atoms with E-state index in [1.807, 2.05) is 25.3 Å². The second kappa shape index (κ2) is 12.7. The number of hydrogen-bond donors (Lipinski definition) is 1. The molecule has 1 N–H and O–H groups in total. The molecule has 3 atom stereocenters. The molecule has 1 heterocycles. The van der Waals surface area contributed by atoms with Gasteiger partial charge in [-0.25, -0.2) is 4.98 Å². The molecule has 30 heavy (non-hydrogen) atoms. The van der Waals surface area contributed by atoms with Crippen molar-refractivity contribution in [2.75, 3.05) is 0 Å². The van der Waals surface area contributed by atoms with E-state index in [1.54, 1.807) is 23.1 Å². The van der Waals surface area contributed by atoms with Crippen molar-refractivity contribution in [1.29, 1.82) is 0 Å². The van der Waals surface area contributed by atoms with E-state index in [4.69, 9.17) is 11.6 Å². The van der Waals surface area contributed by atoms with E-state index in [2.05, 4.69) is 54.5 Å². The smallest absolute Gasteiger partial charge is 0.247 e. The number of nitrogens with one attached hydrogen (secondary N) is 1. The molecule has 2 rings (SSSR count). The Hall–Kier alpha value is -1.91. The van der Waals surface area contributed by atoms with Gasteiger partial charge in [-0.05, 0) is 56.9 Å². The third-order valence-corrected chi connectivity index (χ3v) is 6.49. The normalized spacial score (nSPS) is 15.5. The number of allylic oxidation sites excluding steroid dienone is 2. The van der Waals surface area contributed by atoms with Crippen LogP contribution in [0.15, 0.2) is 64.7 Å². The van der Waals surface area contributed by atoms with E-state index >= 15 is 0 Å². The Morgan fingerprint density at radius 1 is 1.23 bits per heavy atom. The van der Waals surface area contributed by atoms with Gasteiger partial charge in [0.15, 0.2) is 0 Å². The van der Waals surface area contributed by atoms with Crippen LogP contribution in [0.5, 0.6) is 0 Å². The summed E-state index contributed by atoms with van der Waals surface area (Å²) in [7, 11) is 0. The molecule has 0 bridgehead atoms. The van der Waals surface area contributed by atoms with Crippen molar-refractivity contribution in [1.82, 2.24) is 10.3 Å². The zero-order valence-electron chi connectivity index (χ0n) is 18.4. The van der Waals surface area contributed by atoms with Crippen LogP contribution < -0.4 is 5.32 Å². The van der Waals surface area contributed by atoms with Crippen molar-refractivity contribution in [2.24, 2.45) is 11.8 Å². The monoisotopic (exact) mass is 444 g/mol. The first kappa shape index (κ1) is 24.4. The van der Waals surface area contributed by atoms with E-state index in [0.717, 1.165) is 36.3 Å². The summed E-state index contributed by atoms with van der Waals surface area (Å²) in [6.07, 6.45) is 7.90. The van der Waals surface area contributed by atoms with Crippen LogP contribution in [0.4, 0.5) is 0 Å². The SMILES string of the molecule is C/C(=C\C(C)CC(C)CC/C(=C/Cl)Cc1ccccc1)C(=O)N[C@@H](C)c1nccs1. The van der Waals surface area contributed by atoms with Crippen LogP contribution >= 0.6 is 22.9 Å². The maximum Gasteiger partial charge on any atom is 0.247 e. The molecule has 5 heteroatoms. The van der Waals surface area contributed by atoms with Gasteiger partial charge in [-0.3, -0.25) is 4.79 Å². The van der Waals surface area contributed by atoms with Crippen LogP contribution in [0, 0.1) is 11.8 Å². The molecule has 1 aromatic heterocycles. The minimum Gasteiger partial charge on any atom is -0.343 e. The first-order valence-electron chi connectivity index (χ1n) is 10.6. The molecule has 0 spiro atoms. The second-order valence-corrected chi connectivity index (χ2v) is 9.35. The molecule has 0 aliphatic carbocycles. The van der Waals surface area contributed by atoms with Crippen LogP contribution in [-0.2, 0) is 11.2 Å². The lowest BCUT2D eigenvalue weighted by atomic mass is 9.90. The molecule has 0 aliphatic rings. The molecule has 2 unspecified atom stereocenters. The third-order valence-electron chi connectivity index (χ3n) is 5.22. The van der Waals surface area contributed by atoms with E-state index in [1.165, 1.54) is 11.1 Å². The predicted octanol–water partition coefficient (Wildman–Crippen LogP) is 7.07. The number of rotatable bonds is 11. The summed E-state index contributed by atoms with van der Waals surface area (Å²) in [5.41, 5.74) is 5.07. The van der Waals surface area contributed by atoms with Gasteiger partial charge < -0.3 is 5.32 Å². The highest BCUT2D eigenvalue weighted by molar-refractivity contribution is 7.09. The van der Waals surface area contributed by atoms with Crippen LogP contribution in [0.3, 0.4) is 0 Å².